The minimum absolute atomic E-state index is 0.0999. The summed E-state index contributed by atoms with van der Waals surface area (Å²) in [6.45, 7) is 6.35. The molecule has 0 aliphatic carbocycles. The summed E-state index contributed by atoms with van der Waals surface area (Å²) in [6.07, 6.45) is 87.2. The second kappa shape index (κ2) is 62.1. The number of ether oxygens (including phenoxy) is 3. The van der Waals surface area contributed by atoms with Gasteiger partial charge in [0.05, 0.1) is 0 Å². The van der Waals surface area contributed by atoms with E-state index in [0.717, 1.165) is 154 Å². The summed E-state index contributed by atoms with van der Waals surface area (Å²) in [7, 11) is 0. The van der Waals surface area contributed by atoms with Crippen molar-refractivity contribution in [3.8, 4) is 0 Å². The summed E-state index contributed by atoms with van der Waals surface area (Å²) in [5, 5.41) is 0. The number of allylic oxidation sites excluding steroid dienone is 22. The van der Waals surface area contributed by atoms with E-state index < -0.39 is 6.10 Å². The molecule has 0 fully saturated rings. The first-order valence-electron chi connectivity index (χ1n) is 30.7. The second-order valence-electron chi connectivity index (χ2n) is 19.8. The Bertz CT molecular complexity index is 1620. The molecule has 6 nitrogen and oxygen atoms in total. The van der Waals surface area contributed by atoms with Crippen molar-refractivity contribution in [1.29, 1.82) is 0 Å². The van der Waals surface area contributed by atoms with Crippen molar-refractivity contribution < 1.29 is 28.6 Å². The molecule has 6 heteroatoms. The Labute approximate surface area is 462 Å². The molecule has 0 aliphatic heterocycles. The molecule has 0 rings (SSSR count). The molecule has 0 amide bonds. The van der Waals surface area contributed by atoms with E-state index in [1.54, 1.807) is 0 Å². The van der Waals surface area contributed by atoms with Gasteiger partial charge in [-0.3, -0.25) is 14.4 Å². The molecule has 0 aromatic carbocycles. The van der Waals surface area contributed by atoms with Gasteiger partial charge < -0.3 is 14.2 Å². The molecule has 0 heterocycles. The number of unbranched alkanes of at least 4 members (excludes halogenated alkanes) is 21. The first kappa shape index (κ1) is 70.5. The lowest BCUT2D eigenvalue weighted by Gasteiger charge is -2.18. The molecule has 75 heavy (non-hydrogen) atoms. The molecule has 424 valence electrons. The Morgan fingerprint density at radius 2 is 0.520 bits per heavy atom. The van der Waals surface area contributed by atoms with Gasteiger partial charge in [0.15, 0.2) is 6.10 Å². The van der Waals surface area contributed by atoms with Crippen LogP contribution < -0.4 is 0 Å². The SMILES string of the molecule is CC/C=C\C/C=C\C/C=C\C/C=C\CCCCCCCCCCC(=O)OCC(COC(=O)CCCCCC/C=C\C/C=C\C/C=C\C/C=C\CC)OC(=O)CCCCCCCC/C=C\C/C=C\C/C=C\CCCCC. The van der Waals surface area contributed by atoms with Gasteiger partial charge in [0.2, 0.25) is 0 Å². The number of hydrogen-bond donors (Lipinski definition) is 0. The smallest absolute Gasteiger partial charge is 0.306 e. The van der Waals surface area contributed by atoms with Crippen LogP contribution in [0.3, 0.4) is 0 Å². The summed E-state index contributed by atoms with van der Waals surface area (Å²) in [4.78, 5) is 38.3. The molecule has 0 bridgehead atoms. The standard InChI is InChI=1S/C69H112O6/c1-4-7-10-13-16-19-22-25-28-31-33-34-36-38-41-44-47-50-53-56-59-62-68(71)74-65-66(64-73-67(70)61-58-55-52-49-46-43-40-37-30-27-24-21-18-15-12-9-6-3)75-69(72)63-60-57-54-51-48-45-42-39-35-32-29-26-23-20-17-14-11-8-5-2/h7,9-10,12,16-21,25-30,33-35,39-40,43,66H,4-6,8,11,13-15,22-24,31-32,36-38,41-42,44-65H2,1-3H3/b10-7-,12-9-,19-16-,20-17-,21-18-,28-25-,29-26-,30-27-,34-33-,39-35-,43-40-. The predicted octanol–water partition coefficient (Wildman–Crippen LogP) is 21.0. The molecule has 0 aliphatic rings. The molecular formula is C69H112O6. The molecule has 0 aromatic heterocycles. The van der Waals surface area contributed by atoms with Gasteiger partial charge in [-0.1, -0.05) is 244 Å². The number of rotatable bonds is 54. The lowest BCUT2D eigenvalue weighted by molar-refractivity contribution is -0.167. The number of carbonyl (C=O) groups excluding carboxylic acids is 3. The summed E-state index contributed by atoms with van der Waals surface area (Å²) in [5.41, 5.74) is 0. The van der Waals surface area contributed by atoms with Gasteiger partial charge in [-0.15, -0.1) is 0 Å². The van der Waals surface area contributed by atoms with Crippen LogP contribution in [0.5, 0.6) is 0 Å². The van der Waals surface area contributed by atoms with E-state index in [2.05, 4.69) is 154 Å². The third-order valence-electron chi connectivity index (χ3n) is 12.6. The molecule has 0 saturated heterocycles. The zero-order chi connectivity index (χ0) is 54.3. The molecule has 1 atom stereocenters. The Hall–Kier alpha value is -4.45. The van der Waals surface area contributed by atoms with Gasteiger partial charge in [-0.05, 0) is 135 Å². The average Bonchev–Trinajstić information content (AvgIpc) is 3.41. The van der Waals surface area contributed by atoms with Crippen LogP contribution in [-0.2, 0) is 28.6 Å². The zero-order valence-corrected chi connectivity index (χ0v) is 48.5. The number of hydrogen-bond acceptors (Lipinski definition) is 6. The Balaban J connectivity index is 4.48. The van der Waals surface area contributed by atoms with Crippen molar-refractivity contribution in [3.05, 3.63) is 134 Å². The van der Waals surface area contributed by atoms with Crippen LogP contribution in [0.15, 0.2) is 134 Å². The maximum absolute atomic E-state index is 12.9. The van der Waals surface area contributed by atoms with E-state index in [4.69, 9.17) is 14.2 Å². The molecule has 0 radical (unpaired) electrons. The molecule has 0 saturated carbocycles. The van der Waals surface area contributed by atoms with Gasteiger partial charge in [-0.25, -0.2) is 0 Å². The van der Waals surface area contributed by atoms with Crippen LogP contribution in [0.4, 0.5) is 0 Å². The van der Waals surface area contributed by atoms with E-state index in [9.17, 15) is 14.4 Å². The number of carbonyl (C=O) groups is 3. The first-order chi connectivity index (χ1) is 37.0. The van der Waals surface area contributed by atoms with Crippen LogP contribution >= 0.6 is 0 Å². The van der Waals surface area contributed by atoms with Crippen molar-refractivity contribution in [2.45, 2.75) is 271 Å². The normalized spacial score (nSPS) is 13.1. The molecule has 0 aromatic rings. The predicted molar refractivity (Wildman–Crippen MR) is 325 cm³/mol. The summed E-state index contributed by atoms with van der Waals surface area (Å²) in [6, 6.07) is 0. The van der Waals surface area contributed by atoms with Crippen molar-refractivity contribution >= 4 is 17.9 Å². The van der Waals surface area contributed by atoms with Gasteiger partial charge >= 0.3 is 17.9 Å². The van der Waals surface area contributed by atoms with Crippen LogP contribution in [0.25, 0.3) is 0 Å². The largest absolute Gasteiger partial charge is 0.462 e. The highest BCUT2D eigenvalue weighted by molar-refractivity contribution is 5.71. The first-order valence-corrected chi connectivity index (χ1v) is 30.7. The van der Waals surface area contributed by atoms with Crippen LogP contribution in [0.2, 0.25) is 0 Å². The minimum atomic E-state index is -0.805. The average molecular weight is 1040 g/mol. The minimum Gasteiger partial charge on any atom is -0.462 e. The van der Waals surface area contributed by atoms with Gasteiger partial charge in [0, 0.05) is 19.3 Å². The van der Waals surface area contributed by atoms with Crippen molar-refractivity contribution in [3.63, 3.8) is 0 Å². The monoisotopic (exact) mass is 1040 g/mol. The second-order valence-corrected chi connectivity index (χ2v) is 19.8. The third-order valence-corrected chi connectivity index (χ3v) is 12.6. The number of esters is 3. The fourth-order valence-electron chi connectivity index (χ4n) is 8.08. The highest BCUT2D eigenvalue weighted by Gasteiger charge is 2.19. The highest BCUT2D eigenvalue weighted by Crippen LogP contribution is 2.14. The van der Waals surface area contributed by atoms with Crippen LogP contribution in [0, 0.1) is 0 Å². The molecule has 1 unspecified atom stereocenters. The van der Waals surface area contributed by atoms with E-state index >= 15 is 0 Å². The summed E-state index contributed by atoms with van der Waals surface area (Å²) >= 11 is 0. The van der Waals surface area contributed by atoms with Crippen molar-refractivity contribution in [2.75, 3.05) is 13.2 Å². The zero-order valence-electron chi connectivity index (χ0n) is 48.5. The van der Waals surface area contributed by atoms with Crippen LogP contribution in [-0.4, -0.2) is 37.2 Å². The topological polar surface area (TPSA) is 78.9 Å². The van der Waals surface area contributed by atoms with E-state index in [1.165, 1.54) is 70.6 Å². The fourth-order valence-corrected chi connectivity index (χ4v) is 8.08. The van der Waals surface area contributed by atoms with Crippen LogP contribution in [0.1, 0.15) is 265 Å². The Morgan fingerprint density at radius 1 is 0.280 bits per heavy atom. The van der Waals surface area contributed by atoms with E-state index in [0.29, 0.717) is 19.3 Å². The molecular weight excluding hydrogens is 925 g/mol. The quantitative estimate of drug-likeness (QED) is 0.0261. The van der Waals surface area contributed by atoms with E-state index in [-0.39, 0.29) is 31.1 Å². The third kappa shape index (κ3) is 60.3. The van der Waals surface area contributed by atoms with Gasteiger partial charge in [-0.2, -0.15) is 0 Å². The Kier molecular flexibility index (Phi) is 58.4. The fraction of sp³-hybridized carbons (Fsp3) is 0.638. The summed E-state index contributed by atoms with van der Waals surface area (Å²) < 4.78 is 16.9. The maximum Gasteiger partial charge on any atom is 0.306 e. The van der Waals surface area contributed by atoms with Gasteiger partial charge in [0.25, 0.3) is 0 Å². The molecule has 0 spiro atoms. The van der Waals surface area contributed by atoms with Gasteiger partial charge in [0.1, 0.15) is 13.2 Å². The Morgan fingerprint density at radius 3 is 0.813 bits per heavy atom. The van der Waals surface area contributed by atoms with Crippen molar-refractivity contribution in [1.82, 2.24) is 0 Å². The highest BCUT2D eigenvalue weighted by atomic mass is 16.6. The molecule has 0 N–H and O–H groups in total. The lowest BCUT2D eigenvalue weighted by atomic mass is 10.1. The van der Waals surface area contributed by atoms with Crippen molar-refractivity contribution in [2.24, 2.45) is 0 Å². The lowest BCUT2D eigenvalue weighted by Crippen LogP contribution is -2.30. The van der Waals surface area contributed by atoms with E-state index in [1.807, 2.05) is 0 Å². The maximum atomic E-state index is 12.9. The summed E-state index contributed by atoms with van der Waals surface area (Å²) in [5.74, 6) is -0.944.